The van der Waals surface area contributed by atoms with E-state index in [1.165, 1.54) is 0 Å². The average Bonchev–Trinajstić information content (AvgIpc) is 2.23. The van der Waals surface area contributed by atoms with Gasteiger partial charge in [0.05, 0.1) is 0 Å². The van der Waals surface area contributed by atoms with Gasteiger partial charge in [-0.3, -0.25) is 0 Å². The van der Waals surface area contributed by atoms with Crippen molar-refractivity contribution < 1.29 is 13.5 Å². The first kappa shape index (κ1) is 11.5. The van der Waals surface area contributed by atoms with Crippen LogP contribution in [-0.4, -0.2) is 9.97 Å². The lowest BCUT2D eigenvalue weighted by Gasteiger charge is -2.07. The number of rotatable bonds is 2. The normalized spacial score (nSPS) is 10.3. The van der Waals surface area contributed by atoms with Crippen LogP contribution in [-0.2, 0) is 0 Å². The van der Waals surface area contributed by atoms with Crippen LogP contribution in [0.4, 0.5) is 14.5 Å². The molecule has 1 heterocycles. The maximum Gasteiger partial charge on any atom is 0.247 e. The Labute approximate surface area is 100 Å². The van der Waals surface area contributed by atoms with E-state index in [0.717, 1.165) is 24.5 Å². The van der Waals surface area contributed by atoms with Crippen LogP contribution in [0.3, 0.4) is 0 Å². The van der Waals surface area contributed by atoms with Crippen LogP contribution in [0.2, 0.25) is 5.15 Å². The monoisotopic (exact) mass is 257 g/mol. The minimum Gasteiger partial charge on any atom is -0.437 e. The van der Waals surface area contributed by atoms with Crippen molar-refractivity contribution in [3.63, 3.8) is 0 Å². The van der Waals surface area contributed by atoms with E-state index in [4.69, 9.17) is 22.1 Å². The summed E-state index contributed by atoms with van der Waals surface area (Å²) in [4.78, 5) is 7.32. The van der Waals surface area contributed by atoms with E-state index in [1.54, 1.807) is 0 Å². The number of hydrogen-bond acceptors (Lipinski definition) is 4. The van der Waals surface area contributed by atoms with E-state index in [9.17, 15) is 8.78 Å². The minimum absolute atomic E-state index is 0.00108. The lowest BCUT2D eigenvalue weighted by molar-refractivity contribution is 0.452. The summed E-state index contributed by atoms with van der Waals surface area (Å²) in [6, 6.07) is 2.72. The fourth-order valence-corrected chi connectivity index (χ4v) is 1.26. The molecule has 4 nitrogen and oxygen atoms in total. The molecule has 0 bridgehead atoms. The van der Waals surface area contributed by atoms with Crippen LogP contribution in [0, 0.1) is 11.6 Å². The quantitative estimate of drug-likeness (QED) is 0.841. The highest BCUT2D eigenvalue weighted by molar-refractivity contribution is 6.32. The summed E-state index contributed by atoms with van der Waals surface area (Å²) in [6.45, 7) is 0. The summed E-state index contributed by atoms with van der Waals surface area (Å²) in [5.74, 6) is -1.66. The number of nitrogens with zero attached hydrogens (tertiary/aromatic N) is 2. The predicted octanol–water partition coefficient (Wildman–Crippen LogP) is 2.78. The van der Waals surface area contributed by atoms with Crippen molar-refractivity contribution in [1.29, 1.82) is 0 Å². The molecule has 0 saturated carbocycles. The molecular formula is C10H6ClF2N3O. The Morgan fingerprint density at radius 3 is 2.41 bits per heavy atom. The zero-order valence-corrected chi connectivity index (χ0v) is 9.08. The van der Waals surface area contributed by atoms with Crippen LogP contribution < -0.4 is 10.5 Å². The number of anilines is 1. The van der Waals surface area contributed by atoms with Gasteiger partial charge in [-0.1, -0.05) is 11.6 Å². The summed E-state index contributed by atoms with van der Waals surface area (Å²) in [6.07, 6.45) is 1.13. The second-order valence-corrected chi connectivity index (χ2v) is 3.45. The number of aromatic nitrogens is 2. The van der Waals surface area contributed by atoms with E-state index < -0.39 is 11.6 Å². The number of nitrogen functional groups attached to an aromatic ring is 1. The first-order chi connectivity index (χ1) is 8.06. The van der Waals surface area contributed by atoms with Crippen LogP contribution >= 0.6 is 11.6 Å². The average molecular weight is 258 g/mol. The molecule has 0 aliphatic rings. The molecule has 0 amide bonds. The standard InChI is InChI=1S/C10H6ClF2N3O/c11-9-8(14)10(16-4-15-9)17-7-2-5(12)1-6(13)3-7/h1-4H,14H2. The third kappa shape index (κ3) is 2.59. The Balaban J connectivity index is 2.34. The molecular weight excluding hydrogens is 252 g/mol. The van der Waals surface area contributed by atoms with Crippen LogP contribution in [0.1, 0.15) is 0 Å². The van der Waals surface area contributed by atoms with Crippen molar-refractivity contribution in [1.82, 2.24) is 9.97 Å². The van der Waals surface area contributed by atoms with Gasteiger partial charge in [-0.15, -0.1) is 0 Å². The molecule has 0 spiro atoms. The van der Waals surface area contributed by atoms with E-state index in [1.807, 2.05) is 0 Å². The molecule has 7 heteroatoms. The van der Waals surface area contributed by atoms with E-state index in [0.29, 0.717) is 0 Å². The van der Waals surface area contributed by atoms with E-state index in [-0.39, 0.29) is 22.5 Å². The second kappa shape index (κ2) is 4.50. The molecule has 2 N–H and O–H groups in total. The van der Waals surface area contributed by atoms with E-state index >= 15 is 0 Å². The van der Waals surface area contributed by atoms with Crippen LogP contribution in [0.25, 0.3) is 0 Å². The highest BCUT2D eigenvalue weighted by Crippen LogP contribution is 2.29. The van der Waals surface area contributed by atoms with Crippen molar-refractivity contribution in [2.24, 2.45) is 0 Å². The third-order valence-corrected chi connectivity index (χ3v) is 2.15. The first-order valence-electron chi connectivity index (χ1n) is 4.46. The number of hydrogen-bond donors (Lipinski definition) is 1. The molecule has 0 unspecified atom stereocenters. The topological polar surface area (TPSA) is 61.0 Å². The van der Waals surface area contributed by atoms with Gasteiger partial charge in [-0.2, -0.15) is 4.98 Å². The van der Waals surface area contributed by atoms with Crippen LogP contribution in [0.15, 0.2) is 24.5 Å². The van der Waals surface area contributed by atoms with Crippen molar-refractivity contribution in [2.75, 3.05) is 5.73 Å². The van der Waals surface area contributed by atoms with Gasteiger partial charge in [0.15, 0.2) is 5.15 Å². The second-order valence-electron chi connectivity index (χ2n) is 3.09. The smallest absolute Gasteiger partial charge is 0.247 e. The molecule has 0 atom stereocenters. The van der Waals surface area contributed by atoms with Gasteiger partial charge < -0.3 is 10.5 Å². The summed E-state index contributed by atoms with van der Waals surface area (Å²) in [5.41, 5.74) is 5.54. The Bertz CT molecular complexity index is 545. The number of nitrogens with two attached hydrogens (primary N) is 1. The summed E-state index contributed by atoms with van der Waals surface area (Å²) in [5, 5.41) is 0.00637. The van der Waals surface area contributed by atoms with Crippen molar-refractivity contribution in [2.45, 2.75) is 0 Å². The zero-order chi connectivity index (χ0) is 12.4. The zero-order valence-electron chi connectivity index (χ0n) is 8.32. The van der Waals surface area contributed by atoms with Gasteiger partial charge in [-0.05, 0) is 0 Å². The number of halogens is 3. The SMILES string of the molecule is Nc1c(Cl)ncnc1Oc1cc(F)cc(F)c1. The summed E-state index contributed by atoms with van der Waals surface area (Å²) >= 11 is 5.64. The van der Waals surface area contributed by atoms with Crippen molar-refractivity contribution >= 4 is 17.3 Å². The van der Waals surface area contributed by atoms with Gasteiger partial charge >= 0.3 is 0 Å². The number of benzene rings is 1. The Morgan fingerprint density at radius 2 is 1.76 bits per heavy atom. The first-order valence-corrected chi connectivity index (χ1v) is 4.84. The van der Waals surface area contributed by atoms with E-state index in [2.05, 4.69) is 9.97 Å². The van der Waals surface area contributed by atoms with Gasteiger partial charge in [0, 0.05) is 18.2 Å². The van der Waals surface area contributed by atoms with Gasteiger partial charge in [0.1, 0.15) is 29.4 Å². The molecule has 1 aromatic carbocycles. The van der Waals surface area contributed by atoms with Crippen molar-refractivity contribution in [3.05, 3.63) is 41.3 Å². The van der Waals surface area contributed by atoms with Gasteiger partial charge in [0.25, 0.3) is 0 Å². The highest BCUT2D eigenvalue weighted by atomic mass is 35.5. The third-order valence-electron chi connectivity index (χ3n) is 1.85. The molecule has 88 valence electrons. The Kier molecular flexibility index (Phi) is 3.06. The molecule has 1 aromatic heterocycles. The van der Waals surface area contributed by atoms with Crippen LogP contribution in [0.5, 0.6) is 11.6 Å². The fraction of sp³-hybridized carbons (Fsp3) is 0. The predicted molar refractivity (Wildman–Crippen MR) is 57.9 cm³/mol. The lowest BCUT2D eigenvalue weighted by atomic mass is 10.3. The maximum absolute atomic E-state index is 12.9. The summed E-state index contributed by atoms with van der Waals surface area (Å²) < 4.78 is 30.9. The van der Waals surface area contributed by atoms with Gasteiger partial charge in [-0.25, -0.2) is 13.8 Å². The Morgan fingerprint density at radius 1 is 1.12 bits per heavy atom. The molecule has 0 fully saturated rings. The largest absolute Gasteiger partial charge is 0.437 e. The lowest BCUT2D eigenvalue weighted by Crippen LogP contribution is -1.98. The number of ether oxygens (including phenoxy) is 1. The fourth-order valence-electron chi connectivity index (χ4n) is 1.14. The molecule has 0 saturated heterocycles. The molecule has 0 aliphatic heterocycles. The molecule has 0 radical (unpaired) electrons. The van der Waals surface area contributed by atoms with Crippen molar-refractivity contribution in [3.8, 4) is 11.6 Å². The minimum atomic E-state index is -0.765. The summed E-state index contributed by atoms with van der Waals surface area (Å²) in [7, 11) is 0. The highest BCUT2D eigenvalue weighted by Gasteiger charge is 2.09. The van der Waals surface area contributed by atoms with Gasteiger partial charge in [0.2, 0.25) is 5.88 Å². The Hall–Kier alpha value is -1.95. The molecule has 17 heavy (non-hydrogen) atoms. The molecule has 2 aromatic rings. The molecule has 2 rings (SSSR count). The molecule has 0 aliphatic carbocycles. The maximum atomic E-state index is 12.9.